The van der Waals surface area contributed by atoms with Gasteiger partial charge in [-0.1, -0.05) is 17.3 Å². The third-order valence-electron chi connectivity index (χ3n) is 2.77. The van der Waals surface area contributed by atoms with Crippen LogP contribution < -0.4 is 0 Å². The van der Waals surface area contributed by atoms with Crippen LogP contribution in [0.1, 0.15) is 26.3 Å². The second-order valence-corrected chi connectivity index (χ2v) is 4.83. The second kappa shape index (κ2) is 7.53. The van der Waals surface area contributed by atoms with Crippen molar-refractivity contribution < 1.29 is 19.5 Å². The van der Waals surface area contributed by atoms with Crippen LogP contribution >= 0.6 is 0 Å². The van der Waals surface area contributed by atoms with Crippen molar-refractivity contribution in [1.82, 2.24) is 0 Å². The van der Waals surface area contributed by atoms with Gasteiger partial charge in [0.1, 0.15) is 17.8 Å². The highest BCUT2D eigenvalue weighted by Gasteiger charge is 2.23. The molecule has 0 heterocycles. The zero-order valence-corrected chi connectivity index (χ0v) is 12.3. The number of hydrogen-bond donors (Lipinski definition) is 1. The number of benzene rings is 1. The van der Waals surface area contributed by atoms with Crippen LogP contribution in [-0.2, 0) is 20.8 Å². The van der Waals surface area contributed by atoms with Crippen molar-refractivity contribution in [3.63, 3.8) is 0 Å². The van der Waals surface area contributed by atoms with Gasteiger partial charge in [-0.3, -0.25) is 4.79 Å². The number of carbonyl (C=O) groups excluding carboxylic acids is 1. The van der Waals surface area contributed by atoms with Crippen LogP contribution in [0.25, 0.3) is 0 Å². The van der Waals surface area contributed by atoms with E-state index in [2.05, 4.69) is 5.16 Å². The maximum absolute atomic E-state index is 11.9. The lowest BCUT2D eigenvalue weighted by Gasteiger charge is -2.15. The first-order valence-electron chi connectivity index (χ1n) is 6.50. The van der Waals surface area contributed by atoms with E-state index in [1.807, 2.05) is 13.8 Å². The van der Waals surface area contributed by atoms with Gasteiger partial charge in [0, 0.05) is 0 Å². The Balaban J connectivity index is 2.86. The van der Waals surface area contributed by atoms with Crippen LogP contribution in [0.2, 0.25) is 0 Å². The normalized spacial score (nSPS) is 13.2. The van der Waals surface area contributed by atoms with E-state index in [-0.39, 0.29) is 17.8 Å². The first-order chi connectivity index (χ1) is 9.43. The molecule has 1 N–H and O–H groups in total. The van der Waals surface area contributed by atoms with Gasteiger partial charge >= 0.3 is 5.97 Å². The van der Waals surface area contributed by atoms with Crippen LogP contribution in [0.15, 0.2) is 29.4 Å². The Hall–Kier alpha value is -2.04. The van der Waals surface area contributed by atoms with Gasteiger partial charge in [0.2, 0.25) is 0 Å². The lowest BCUT2D eigenvalue weighted by Crippen LogP contribution is -2.26. The molecule has 0 amide bonds. The van der Waals surface area contributed by atoms with E-state index in [9.17, 15) is 9.90 Å². The molecular weight excluding hydrogens is 258 g/mol. The highest BCUT2D eigenvalue weighted by Crippen LogP contribution is 2.16. The molecule has 0 saturated heterocycles. The zero-order chi connectivity index (χ0) is 15.1. The summed E-state index contributed by atoms with van der Waals surface area (Å²) < 4.78 is 4.81. The van der Waals surface area contributed by atoms with Crippen molar-refractivity contribution in [2.45, 2.75) is 33.3 Å². The summed E-state index contributed by atoms with van der Waals surface area (Å²) in [7, 11) is 1.35. The minimum absolute atomic E-state index is 0.0445. The number of hydrogen-bond acceptors (Lipinski definition) is 5. The standard InChI is InChI=1S/C15H21NO4/c1-10(2)20-16-11(3)14(15(18)19-4)9-12-5-7-13(17)8-6-12/h5-8,10,14,17H,9H2,1-4H3. The van der Waals surface area contributed by atoms with Gasteiger partial charge in [-0.25, -0.2) is 0 Å². The highest BCUT2D eigenvalue weighted by molar-refractivity contribution is 6.00. The third-order valence-corrected chi connectivity index (χ3v) is 2.77. The summed E-state index contributed by atoms with van der Waals surface area (Å²) in [5, 5.41) is 13.2. The first-order valence-corrected chi connectivity index (χ1v) is 6.50. The molecule has 0 radical (unpaired) electrons. The minimum Gasteiger partial charge on any atom is -0.508 e. The topological polar surface area (TPSA) is 68.1 Å². The molecule has 0 bridgehead atoms. The van der Waals surface area contributed by atoms with Crippen LogP contribution in [-0.4, -0.2) is 30.0 Å². The molecule has 0 aliphatic rings. The van der Waals surface area contributed by atoms with E-state index in [1.54, 1.807) is 31.2 Å². The van der Waals surface area contributed by atoms with Crippen molar-refractivity contribution in [3.05, 3.63) is 29.8 Å². The highest BCUT2D eigenvalue weighted by atomic mass is 16.6. The van der Waals surface area contributed by atoms with E-state index in [1.165, 1.54) is 7.11 Å². The Bertz CT molecular complexity index is 465. The lowest BCUT2D eigenvalue weighted by molar-refractivity contribution is -0.143. The quantitative estimate of drug-likeness (QED) is 0.493. The van der Waals surface area contributed by atoms with Gasteiger partial charge in [-0.2, -0.15) is 0 Å². The number of methoxy groups -OCH3 is 1. The van der Waals surface area contributed by atoms with Crippen molar-refractivity contribution in [2.75, 3.05) is 7.11 Å². The molecule has 5 nitrogen and oxygen atoms in total. The van der Waals surface area contributed by atoms with E-state index in [0.29, 0.717) is 12.1 Å². The van der Waals surface area contributed by atoms with Crippen LogP contribution in [0.4, 0.5) is 0 Å². The summed E-state index contributed by atoms with van der Waals surface area (Å²) in [5.74, 6) is -0.660. The van der Waals surface area contributed by atoms with Crippen molar-refractivity contribution in [2.24, 2.45) is 11.1 Å². The van der Waals surface area contributed by atoms with Gasteiger partial charge in [-0.05, 0) is 44.9 Å². The molecule has 5 heteroatoms. The maximum Gasteiger partial charge on any atom is 0.314 e. The number of oxime groups is 1. The van der Waals surface area contributed by atoms with Crippen LogP contribution in [0, 0.1) is 5.92 Å². The molecule has 1 aromatic rings. The number of rotatable bonds is 6. The van der Waals surface area contributed by atoms with Gasteiger partial charge in [0.15, 0.2) is 0 Å². The first kappa shape index (κ1) is 16.0. The fourth-order valence-corrected chi connectivity index (χ4v) is 1.66. The monoisotopic (exact) mass is 279 g/mol. The largest absolute Gasteiger partial charge is 0.508 e. The molecule has 1 unspecified atom stereocenters. The summed E-state index contributed by atoms with van der Waals surface area (Å²) in [6.07, 6.45) is 0.404. The molecule has 1 aromatic carbocycles. The number of carbonyl (C=O) groups is 1. The van der Waals surface area contributed by atoms with Crippen LogP contribution in [0.3, 0.4) is 0 Å². The molecule has 0 saturated carbocycles. The SMILES string of the molecule is COC(=O)C(Cc1ccc(O)cc1)C(C)=NOC(C)C. The summed E-state index contributed by atoms with van der Waals surface area (Å²) >= 11 is 0. The Morgan fingerprint density at radius 3 is 2.40 bits per heavy atom. The Morgan fingerprint density at radius 2 is 1.90 bits per heavy atom. The fraction of sp³-hybridized carbons (Fsp3) is 0.467. The molecule has 110 valence electrons. The smallest absolute Gasteiger partial charge is 0.314 e. The molecule has 1 atom stereocenters. The molecule has 0 fully saturated rings. The van der Waals surface area contributed by atoms with Crippen molar-refractivity contribution in [3.8, 4) is 5.75 Å². The number of ether oxygens (including phenoxy) is 1. The Labute approximate surface area is 119 Å². The molecule has 0 aromatic heterocycles. The summed E-state index contributed by atoms with van der Waals surface area (Å²) in [6, 6.07) is 6.70. The third kappa shape index (κ3) is 4.91. The van der Waals surface area contributed by atoms with Crippen molar-refractivity contribution >= 4 is 11.7 Å². The van der Waals surface area contributed by atoms with E-state index in [4.69, 9.17) is 9.57 Å². The van der Waals surface area contributed by atoms with Crippen LogP contribution in [0.5, 0.6) is 5.75 Å². The predicted molar refractivity (Wildman–Crippen MR) is 76.6 cm³/mol. The zero-order valence-electron chi connectivity index (χ0n) is 12.3. The summed E-state index contributed by atoms with van der Waals surface area (Å²) in [6.45, 7) is 5.47. The number of phenolic OH excluding ortho intramolecular Hbond substituents is 1. The van der Waals surface area contributed by atoms with Gasteiger partial charge in [-0.15, -0.1) is 0 Å². The number of phenols is 1. The van der Waals surface area contributed by atoms with Gasteiger partial charge in [0.25, 0.3) is 0 Å². The second-order valence-electron chi connectivity index (χ2n) is 4.83. The minimum atomic E-state index is -0.497. The number of nitrogens with zero attached hydrogens (tertiary/aromatic N) is 1. The molecule has 20 heavy (non-hydrogen) atoms. The molecule has 0 spiro atoms. The van der Waals surface area contributed by atoms with E-state index in [0.717, 1.165) is 5.56 Å². The van der Waals surface area contributed by atoms with Gasteiger partial charge < -0.3 is 14.7 Å². The molecule has 0 aliphatic carbocycles. The Kier molecular flexibility index (Phi) is 6.03. The van der Waals surface area contributed by atoms with E-state index < -0.39 is 5.92 Å². The predicted octanol–water partition coefficient (Wildman–Crippen LogP) is 2.52. The average Bonchev–Trinajstić information content (AvgIpc) is 2.43. The fourth-order valence-electron chi connectivity index (χ4n) is 1.66. The summed E-state index contributed by atoms with van der Waals surface area (Å²) in [5.41, 5.74) is 1.48. The number of esters is 1. The average molecular weight is 279 g/mol. The van der Waals surface area contributed by atoms with Crippen molar-refractivity contribution in [1.29, 1.82) is 0 Å². The maximum atomic E-state index is 11.9. The molecule has 0 aliphatic heterocycles. The Morgan fingerprint density at radius 1 is 1.30 bits per heavy atom. The lowest BCUT2D eigenvalue weighted by atomic mass is 9.95. The molecular formula is C15H21NO4. The number of aromatic hydroxyl groups is 1. The molecule has 1 rings (SSSR count). The van der Waals surface area contributed by atoms with E-state index >= 15 is 0 Å². The summed E-state index contributed by atoms with van der Waals surface area (Å²) in [4.78, 5) is 17.0. The van der Waals surface area contributed by atoms with Gasteiger partial charge in [0.05, 0.1) is 12.8 Å².